The average molecular weight is 231 g/mol. The van der Waals surface area contributed by atoms with E-state index in [-0.39, 0.29) is 17.9 Å². The van der Waals surface area contributed by atoms with Gasteiger partial charge in [0, 0.05) is 19.2 Å². The predicted octanol–water partition coefficient (Wildman–Crippen LogP) is 1.12. The van der Waals surface area contributed by atoms with Crippen LogP contribution in [0.2, 0.25) is 5.28 Å². The fourth-order valence-corrected chi connectivity index (χ4v) is 1.42. The highest BCUT2D eigenvalue weighted by Crippen LogP contribution is 2.14. The molecule has 0 unspecified atom stereocenters. The molecule has 84 valence electrons. The zero-order valence-electron chi connectivity index (χ0n) is 8.89. The van der Waals surface area contributed by atoms with Gasteiger partial charge in [0.2, 0.25) is 5.28 Å². The summed E-state index contributed by atoms with van der Waals surface area (Å²) in [7, 11) is 0. The number of halogens is 1. The zero-order chi connectivity index (χ0) is 11.3. The van der Waals surface area contributed by atoms with E-state index < -0.39 is 0 Å². The Kier molecular flexibility index (Phi) is 4.71. The summed E-state index contributed by atoms with van der Waals surface area (Å²) in [5, 5.41) is 16.3. The molecule has 0 aliphatic heterocycles. The Balaban J connectivity index is 2.79. The monoisotopic (exact) mass is 230 g/mol. The van der Waals surface area contributed by atoms with E-state index in [1.807, 2.05) is 18.7 Å². The molecular weight excluding hydrogens is 216 g/mol. The summed E-state index contributed by atoms with van der Waals surface area (Å²) in [6, 6.07) is 0.282. The molecule has 1 N–H and O–H groups in total. The molecule has 0 aliphatic rings. The lowest BCUT2D eigenvalue weighted by molar-refractivity contribution is 0.288. The van der Waals surface area contributed by atoms with Crippen LogP contribution in [0.4, 0.5) is 5.82 Å². The third-order valence-corrected chi connectivity index (χ3v) is 2.16. The number of hydrogen-bond donors (Lipinski definition) is 1. The molecule has 0 bridgehead atoms. The van der Waals surface area contributed by atoms with Gasteiger partial charge in [-0.1, -0.05) is 0 Å². The van der Waals surface area contributed by atoms with Crippen LogP contribution in [0.1, 0.15) is 20.3 Å². The van der Waals surface area contributed by atoms with Crippen LogP contribution in [-0.2, 0) is 0 Å². The maximum absolute atomic E-state index is 8.80. The quantitative estimate of drug-likeness (QED) is 0.822. The minimum Gasteiger partial charge on any atom is -0.396 e. The van der Waals surface area contributed by atoms with Crippen molar-refractivity contribution in [2.75, 3.05) is 18.1 Å². The van der Waals surface area contributed by atoms with Crippen LogP contribution in [0.25, 0.3) is 0 Å². The number of aliphatic hydroxyl groups is 1. The molecule has 1 heterocycles. The van der Waals surface area contributed by atoms with Gasteiger partial charge < -0.3 is 10.0 Å². The molecule has 0 spiro atoms. The van der Waals surface area contributed by atoms with Crippen molar-refractivity contribution >= 4 is 17.4 Å². The predicted molar refractivity (Wildman–Crippen MR) is 59.0 cm³/mol. The number of nitrogens with zero attached hydrogens (tertiary/aromatic N) is 4. The van der Waals surface area contributed by atoms with Gasteiger partial charge in [0.05, 0.1) is 6.20 Å². The molecule has 15 heavy (non-hydrogen) atoms. The van der Waals surface area contributed by atoms with Gasteiger partial charge in [0.25, 0.3) is 0 Å². The Morgan fingerprint density at radius 3 is 2.80 bits per heavy atom. The first-order valence-electron chi connectivity index (χ1n) is 4.88. The van der Waals surface area contributed by atoms with Crippen molar-refractivity contribution in [1.82, 2.24) is 15.2 Å². The van der Waals surface area contributed by atoms with Gasteiger partial charge in [0.1, 0.15) is 0 Å². The zero-order valence-corrected chi connectivity index (χ0v) is 9.65. The Morgan fingerprint density at radius 2 is 2.27 bits per heavy atom. The summed E-state index contributed by atoms with van der Waals surface area (Å²) in [4.78, 5) is 6.11. The summed E-state index contributed by atoms with van der Waals surface area (Å²) in [5.41, 5.74) is 0. The SMILES string of the molecule is CC(C)N(CCCO)c1cnnc(Cl)n1. The molecule has 1 aromatic heterocycles. The van der Waals surface area contributed by atoms with Crippen molar-refractivity contribution in [1.29, 1.82) is 0 Å². The second-order valence-corrected chi connectivity index (χ2v) is 3.79. The van der Waals surface area contributed by atoms with E-state index in [0.717, 1.165) is 6.54 Å². The minimum atomic E-state index is 0.141. The Labute approximate surface area is 94.1 Å². The van der Waals surface area contributed by atoms with E-state index in [0.29, 0.717) is 12.2 Å². The van der Waals surface area contributed by atoms with Gasteiger partial charge in [-0.25, -0.2) is 0 Å². The number of aliphatic hydroxyl groups excluding tert-OH is 1. The molecule has 5 nitrogen and oxygen atoms in total. The highest BCUT2D eigenvalue weighted by molar-refractivity contribution is 6.28. The van der Waals surface area contributed by atoms with Gasteiger partial charge >= 0.3 is 0 Å². The summed E-state index contributed by atoms with van der Waals surface area (Å²) in [6.07, 6.45) is 2.27. The number of hydrogen-bond acceptors (Lipinski definition) is 5. The number of rotatable bonds is 5. The van der Waals surface area contributed by atoms with Gasteiger partial charge in [-0.05, 0) is 31.9 Å². The van der Waals surface area contributed by atoms with E-state index in [1.54, 1.807) is 6.20 Å². The second kappa shape index (κ2) is 5.82. The normalized spacial score (nSPS) is 10.7. The molecule has 0 radical (unpaired) electrons. The lowest BCUT2D eigenvalue weighted by Gasteiger charge is -2.26. The lowest BCUT2D eigenvalue weighted by Crippen LogP contribution is -2.33. The van der Waals surface area contributed by atoms with Crippen molar-refractivity contribution in [2.45, 2.75) is 26.3 Å². The first-order chi connectivity index (χ1) is 7.15. The Bertz CT molecular complexity index is 308. The topological polar surface area (TPSA) is 62.1 Å². The van der Waals surface area contributed by atoms with Gasteiger partial charge in [-0.2, -0.15) is 10.1 Å². The molecule has 1 aromatic rings. The van der Waals surface area contributed by atoms with Crippen LogP contribution >= 0.6 is 11.6 Å². The first-order valence-corrected chi connectivity index (χ1v) is 5.25. The van der Waals surface area contributed by atoms with Crippen LogP contribution in [0.3, 0.4) is 0 Å². The molecule has 0 aliphatic carbocycles. The van der Waals surface area contributed by atoms with Crippen LogP contribution < -0.4 is 4.90 Å². The number of aromatic nitrogens is 3. The molecule has 0 aromatic carbocycles. The van der Waals surface area contributed by atoms with E-state index in [2.05, 4.69) is 15.2 Å². The minimum absolute atomic E-state index is 0.141. The number of anilines is 1. The van der Waals surface area contributed by atoms with Gasteiger partial charge in [0.15, 0.2) is 5.82 Å². The van der Waals surface area contributed by atoms with E-state index in [1.165, 1.54) is 0 Å². The molecule has 1 rings (SSSR count). The van der Waals surface area contributed by atoms with Crippen LogP contribution in [-0.4, -0.2) is 39.5 Å². The van der Waals surface area contributed by atoms with Crippen molar-refractivity contribution in [3.8, 4) is 0 Å². The van der Waals surface area contributed by atoms with Crippen molar-refractivity contribution in [2.24, 2.45) is 0 Å². The summed E-state index contributed by atoms with van der Waals surface area (Å²) in [6.45, 7) is 4.99. The Hall–Kier alpha value is -0.940. The third-order valence-electron chi connectivity index (χ3n) is 2.00. The lowest BCUT2D eigenvalue weighted by atomic mass is 10.3. The standard InChI is InChI=1S/C9H15ClN4O/c1-7(2)14(4-3-5-15)8-6-11-13-9(10)12-8/h6-7,15H,3-5H2,1-2H3. The van der Waals surface area contributed by atoms with E-state index in [4.69, 9.17) is 16.7 Å². The smallest absolute Gasteiger partial charge is 0.244 e. The largest absolute Gasteiger partial charge is 0.396 e. The second-order valence-electron chi connectivity index (χ2n) is 3.45. The maximum atomic E-state index is 8.80. The maximum Gasteiger partial charge on any atom is 0.244 e. The van der Waals surface area contributed by atoms with E-state index >= 15 is 0 Å². The van der Waals surface area contributed by atoms with Gasteiger partial charge in [-0.15, -0.1) is 5.10 Å². The molecule has 0 fully saturated rings. The Morgan fingerprint density at radius 1 is 1.53 bits per heavy atom. The van der Waals surface area contributed by atoms with Crippen LogP contribution in [0, 0.1) is 0 Å². The third kappa shape index (κ3) is 3.60. The highest BCUT2D eigenvalue weighted by Gasteiger charge is 2.12. The molecular formula is C9H15ClN4O. The highest BCUT2D eigenvalue weighted by atomic mass is 35.5. The van der Waals surface area contributed by atoms with E-state index in [9.17, 15) is 0 Å². The fraction of sp³-hybridized carbons (Fsp3) is 0.667. The summed E-state index contributed by atoms with van der Waals surface area (Å²) in [5.74, 6) is 0.693. The first kappa shape index (κ1) is 12.1. The van der Waals surface area contributed by atoms with Crippen LogP contribution in [0.15, 0.2) is 6.20 Å². The molecule has 0 amide bonds. The van der Waals surface area contributed by atoms with Crippen LogP contribution in [0.5, 0.6) is 0 Å². The fourth-order valence-electron chi connectivity index (χ4n) is 1.29. The molecule has 6 heteroatoms. The van der Waals surface area contributed by atoms with Gasteiger partial charge in [-0.3, -0.25) is 0 Å². The molecule has 0 atom stereocenters. The van der Waals surface area contributed by atoms with Crippen molar-refractivity contribution in [3.63, 3.8) is 0 Å². The average Bonchev–Trinajstić information content (AvgIpc) is 2.18. The summed E-state index contributed by atoms with van der Waals surface area (Å²) < 4.78 is 0. The van der Waals surface area contributed by atoms with Crippen molar-refractivity contribution < 1.29 is 5.11 Å². The summed E-state index contributed by atoms with van der Waals surface area (Å²) >= 11 is 5.67. The van der Waals surface area contributed by atoms with Crippen molar-refractivity contribution in [3.05, 3.63) is 11.5 Å². The molecule has 0 saturated heterocycles. The molecule has 0 saturated carbocycles.